The van der Waals surface area contributed by atoms with Crippen molar-refractivity contribution in [3.05, 3.63) is 12.2 Å². The Morgan fingerprint density at radius 1 is 1.77 bits per heavy atom. The first-order chi connectivity index (χ1) is 6.08. The molecule has 0 heterocycles. The number of carbonyl (C=O) groups excluding carboxylic acids is 2. The lowest BCUT2D eigenvalue weighted by Crippen LogP contribution is -2.64. The molecule has 0 aromatic carbocycles. The van der Waals surface area contributed by atoms with Crippen molar-refractivity contribution in [1.82, 2.24) is 0 Å². The van der Waals surface area contributed by atoms with Crippen LogP contribution in [0.3, 0.4) is 0 Å². The third kappa shape index (κ3) is 0.967. The maximum Gasteiger partial charge on any atom is 0.303 e. The molecule has 0 spiro atoms. The molecule has 3 atom stereocenters. The van der Waals surface area contributed by atoms with Crippen LogP contribution in [0.2, 0.25) is 0 Å². The predicted octanol–water partition coefficient (Wildman–Crippen LogP) is 1.05. The summed E-state index contributed by atoms with van der Waals surface area (Å²) in [4.78, 5) is 22.2. The van der Waals surface area contributed by atoms with Crippen molar-refractivity contribution in [2.75, 3.05) is 0 Å². The van der Waals surface area contributed by atoms with Gasteiger partial charge in [-0.25, -0.2) is 0 Å². The Morgan fingerprint density at radius 3 is 3.08 bits per heavy atom. The Kier molecular flexibility index (Phi) is 1.74. The Bertz CT molecular complexity index is 310. The highest BCUT2D eigenvalue weighted by atomic mass is 35.5. The summed E-state index contributed by atoms with van der Waals surface area (Å²) in [6.45, 7) is 1.30. The van der Waals surface area contributed by atoms with Crippen LogP contribution in [0.25, 0.3) is 0 Å². The van der Waals surface area contributed by atoms with Crippen molar-refractivity contribution < 1.29 is 14.3 Å². The fourth-order valence-corrected chi connectivity index (χ4v) is 2.47. The van der Waals surface area contributed by atoms with Gasteiger partial charge in [0.05, 0.1) is 0 Å². The van der Waals surface area contributed by atoms with E-state index in [1.54, 1.807) is 0 Å². The number of ether oxygens (including phenoxy) is 1. The van der Waals surface area contributed by atoms with E-state index in [4.69, 9.17) is 16.3 Å². The van der Waals surface area contributed by atoms with Crippen LogP contribution < -0.4 is 0 Å². The normalized spacial score (nSPS) is 41.2. The number of hydrogen-bond donors (Lipinski definition) is 0. The molecule has 0 N–H and O–H groups in total. The number of alkyl halides is 1. The summed E-state index contributed by atoms with van der Waals surface area (Å²) in [7, 11) is 0. The molecule has 0 saturated heterocycles. The van der Waals surface area contributed by atoms with Gasteiger partial charge < -0.3 is 4.74 Å². The quantitative estimate of drug-likeness (QED) is 0.361. The number of hydrogen-bond acceptors (Lipinski definition) is 3. The molecular weight excluding hydrogens is 192 g/mol. The Morgan fingerprint density at radius 2 is 2.46 bits per heavy atom. The zero-order valence-electron chi connectivity index (χ0n) is 7.12. The summed E-state index contributed by atoms with van der Waals surface area (Å²) in [6.07, 6.45) is 4.16. The van der Waals surface area contributed by atoms with Gasteiger partial charge in [-0.2, -0.15) is 0 Å². The van der Waals surface area contributed by atoms with Gasteiger partial charge in [-0.3, -0.25) is 9.59 Å². The third-order valence-electron chi connectivity index (χ3n) is 2.61. The number of esters is 1. The molecule has 4 heteroatoms. The van der Waals surface area contributed by atoms with E-state index in [1.165, 1.54) is 6.92 Å². The van der Waals surface area contributed by atoms with Crippen LogP contribution in [0.15, 0.2) is 12.2 Å². The van der Waals surface area contributed by atoms with E-state index in [0.717, 1.165) is 0 Å². The lowest BCUT2D eigenvalue weighted by molar-refractivity contribution is -0.179. The Hall–Kier alpha value is -0.830. The lowest BCUT2D eigenvalue weighted by Gasteiger charge is -2.45. The smallest absolute Gasteiger partial charge is 0.303 e. The molecule has 0 aromatic rings. The van der Waals surface area contributed by atoms with Crippen molar-refractivity contribution in [1.29, 1.82) is 0 Å². The fourth-order valence-electron chi connectivity index (χ4n) is 2.00. The molecule has 0 radical (unpaired) electrons. The minimum Gasteiger partial charge on any atom is -0.450 e. The summed E-state index contributed by atoms with van der Waals surface area (Å²) in [6, 6.07) is 0. The van der Waals surface area contributed by atoms with Crippen molar-refractivity contribution in [2.45, 2.75) is 24.3 Å². The van der Waals surface area contributed by atoms with E-state index in [1.807, 2.05) is 12.2 Å². The summed E-state index contributed by atoms with van der Waals surface area (Å²) >= 11 is 5.78. The second-order valence-corrected chi connectivity index (χ2v) is 3.88. The van der Waals surface area contributed by atoms with Gasteiger partial charge in [0.25, 0.3) is 0 Å². The first-order valence-electron chi connectivity index (χ1n) is 4.12. The zero-order valence-corrected chi connectivity index (χ0v) is 7.88. The van der Waals surface area contributed by atoms with Crippen molar-refractivity contribution >= 4 is 23.4 Å². The molecule has 0 aliphatic heterocycles. The summed E-state index contributed by atoms with van der Waals surface area (Å²) in [5, 5.41) is -0.516. The van der Waals surface area contributed by atoms with Gasteiger partial charge in [-0.15, -0.1) is 11.6 Å². The number of carbonyl (C=O) groups is 2. The van der Waals surface area contributed by atoms with Crippen LogP contribution in [0.1, 0.15) is 13.3 Å². The number of ketones is 1. The van der Waals surface area contributed by atoms with E-state index in [0.29, 0.717) is 6.42 Å². The molecule has 1 saturated carbocycles. The maximum absolute atomic E-state index is 11.5. The highest BCUT2D eigenvalue weighted by Gasteiger charge is 2.64. The standard InChI is InChI=1S/C9H9ClO3/c1-5(11)13-9-4-2-3-6(9)7(10)8(9)12/h2-3,6-7H,4H2,1H3/t6?,7-,9+/m0/s1. The highest BCUT2D eigenvalue weighted by Crippen LogP contribution is 2.49. The van der Waals surface area contributed by atoms with E-state index < -0.39 is 16.9 Å². The van der Waals surface area contributed by atoms with Gasteiger partial charge in [0, 0.05) is 19.3 Å². The second-order valence-electron chi connectivity index (χ2n) is 3.41. The van der Waals surface area contributed by atoms with Crippen molar-refractivity contribution in [3.8, 4) is 0 Å². The molecule has 1 fully saturated rings. The zero-order chi connectivity index (χ0) is 9.64. The molecule has 3 nitrogen and oxygen atoms in total. The fraction of sp³-hybridized carbons (Fsp3) is 0.556. The minimum atomic E-state index is -0.946. The van der Waals surface area contributed by atoms with Crippen LogP contribution in [-0.4, -0.2) is 22.7 Å². The largest absolute Gasteiger partial charge is 0.450 e. The monoisotopic (exact) mass is 200 g/mol. The predicted molar refractivity (Wildman–Crippen MR) is 46.4 cm³/mol. The summed E-state index contributed by atoms with van der Waals surface area (Å²) in [5.41, 5.74) is -0.946. The van der Waals surface area contributed by atoms with E-state index in [2.05, 4.69) is 0 Å². The molecule has 0 amide bonds. The molecule has 13 heavy (non-hydrogen) atoms. The van der Waals surface area contributed by atoms with Crippen LogP contribution >= 0.6 is 11.6 Å². The van der Waals surface area contributed by atoms with E-state index in [9.17, 15) is 9.59 Å². The van der Waals surface area contributed by atoms with E-state index in [-0.39, 0.29) is 11.7 Å². The molecular formula is C9H9ClO3. The maximum atomic E-state index is 11.5. The third-order valence-corrected chi connectivity index (χ3v) is 3.08. The minimum absolute atomic E-state index is 0.120. The number of rotatable bonds is 1. The number of halogens is 1. The second kappa shape index (κ2) is 2.58. The first kappa shape index (κ1) is 8.75. The SMILES string of the molecule is CC(=O)O[C@]12CC=CC1[C@H](Cl)C2=O. The average Bonchev–Trinajstić information content (AvgIpc) is 2.43. The molecule has 2 rings (SSSR count). The topological polar surface area (TPSA) is 43.4 Å². The van der Waals surface area contributed by atoms with Gasteiger partial charge in [0.1, 0.15) is 5.38 Å². The van der Waals surface area contributed by atoms with Crippen LogP contribution in [0.4, 0.5) is 0 Å². The number of fused-ring (bicyclic) bond motifs is 1. The van der Waals surface area contributed by atoms with Crippen LogP contribution in [-0.2, 0) is 14.3 Å². The molecule has 2 aliphatic rings. The van der Waals surface area contributed by atoms with Gasteiger partial charge >= 0.3 is 5.97 Å². The number of Topliss-reactive ketones (excluding diaryl/α,β-unsaturated/α-hetero) is 1. The summed E-state index contributed by atoms with van der Waals surface area (Å²) < 4.78 is 5.04. The molecule has 70 valence electrons. The first-order valence-corrected chi connectivity index (χ1v) is 4.56. The van der Waals surface area contributed by atoms with Crippen LogP contribution in [0, 0.1) is 5.92 Å². The van der Waals surface area contributed by atoms with Crippen molar-refractivity contribution in [3.63, 3.8) is 0 Å². The average molecular weight is 201 g/mol. The van der Waals surface area contributed by atoms with Gasteiger partial charge in [-0.05, 0) is 0 Å². The molecule has 0 bridgehead atoms. The van der Waals surface area contributed by atoms with Crippen LogP contribution in [0.5, 0.6) is 0 Å². The van der Waals surface area contributed by atoms with Crippen molar-refractivity contribution in [2.24, 2.45) is 5.92 Å². The van der Waals surface area contributed by atoms with Gasteiger partial charge in [-0.1, -0.05) is 12.2 Å². The summed E-state index contributed by atoms with van der Waals surface area (Å²) in [5.74, 6) is -0.712. The molecule has 2 aliphatic carbocycles. The Balaban J connectivity index is 2.23. The van der Waals surface area contributed by atoms with E-state index >= 15 is 0 Å². The lowest BCUT2D eigenvalue weighted by atomic mass is 9.69. The molecule has 0 aromatic heterocycles. The van der Waals surface area contributed by atoms with Gasteiger partial charge in [0.2, 0.25) is 0 Å². The highest BCUT2D eigenvalue weighted by molar-refractivity contribution is 6.36. The van der Waals surface area contributed by atoms with Gasteiger partial charge in [0.15, 0.2) is 11.4 Å². The molecule has 1 unspecified atom stereocenters. The Labute approximate surface area is 80.7 Å².